The molecular weight excluding hydrogens is 332 g/mol. The zero-order valence-electron chi connectivity index (χ0n) is 14.6. The minimum atomic E-state index is 0.00622. The van der Waals surface area contributed by atoms with Gasteiger partial charge in [-0.3, -0.25) is 4.79 Å². The molecule has 2 N–H and O–H groups in total. The molecule has 2 aromatic carbocycles. The molecule has 5 heteroatoms. The molecule has 0 aromatic heterocycles. The predicted octanol–water partition coefficient (Wildman–Crippen LogP) is 4.24. The normalized spacial score (nSPS) is 17.4. The second-order valence-corrected chi connectivity index (χ2v) is 7.42. The van der Waals surface area contributed by atoms with E-state index in [1.807, 2.05) is 36.0 Å². The third-order valence-electron chi connectivity index (χ3n) is 4.29. The van der Waals surface area contributed by atoms with E-state index in [-0.39, 0.29) is 11.9 Å². The average Bonchev–Trinajstić information content (AvgIpc) is 2.62. The topological polar surface area (TPSA) is 50.4 Å². The quantitative estimate of drug-likeness (QED) is 0.813. The van der Waals surface area contributed by atoms with Crippen molar-refractivity contribution in [2.24, 2.45) is 0 Å². The lowest BCUT2D eigenvalue weighted by Crippen LogP contribution is -2.35. The van der Waals surface area contributed by atoms with Gasteiger partial charge in [-0.15, -0.1) is 11.8 Å². The van der Waals surface area contributed by atoms with E-state index in [2.05, 4.69) is 41.8 Å². The molecule has 25 heavy (non-hydrogen) atoms. The Labute approximate surface area is 153 Å². The average molecular weight is 356 g/mol. The zero-order chi connectivity index (χ0) is 17.6. The summed E-state index contributed by atoms with van der Waals surface area (Å²) in [7, 11) is 1.62. The van der Waals surface area contributed by atoms with Crippen LogP contribution in [0.1, 0.15) is 31.4 Å². The molecule has 2 atom stereocenters. The summed E-state index contributed by atoms with van der Waals surface area (Å²) in [5.74, 6) is 1.85. The van der Waals surface area contributed by atoms with Gasteiger partial charge in [-0.05, 0) is 42.9 Å². The molecule has 0 saturated carbocycles. The summed E-state index contributed by atoms with van der Waals surface area (Å²) in [6.45, 7) is 2.06. The summed E-state index contributed by atoms with van der Waals surface area (Å²) < 4.78 is 5.19. The molecule has 1 heterocycles. The fourth-order valence-electron chi connectivity index (χ4n) is 3.11. The molecule has 0 saturated heterocycles. The van der Waals surface area contributed by atoms with E-state index < -0.39 is 0 Å². The third kappa shape index (κ3) is 4.77. The van der Waals surface area contributed by atoms with Crippen molar-refractivity contribution in [2.75, 3.05) is 18.2 Å². The van der Waals surface area contributed by atoms with E-state index in [9.17, 15) is 4.79 Å². The maximum atomic E-state index is 12.3. The first-order valence-electron chi connectivity index (χ1n) is 8.57. The van der Waals surface area contributed by atoms with Crippen molar-refractivity contribution in [1.29, 1.82) is 0 Å². The van der Waals surface area contributed by atoms with Gasteiger partial charge in [-0.25, -0.2) is 0 Å². The highest BCUT2D eigenvalue weighted by Gasteiger charge is 2.22. The van der Waals surface area contributed by atoms with E-state index in [1.165, 1.54) is 10.5 Å². The van der Waals surface area contributed by atoms with E-state index >= 15 is 0 Å². The Kier molecular flexibility index (Phi) is 6.00. The number of hydrogen-bond donors (Lipinski definition) is 2. The molecule has 0 aliphatic carbocycles. The van der Waals surface area contributed by atoms with Gasteiger partial charge >= 0.3 is 0 Å². The number of carbonyl (C=O) groups excluding carboxylic acids is 1. The number of amides is 1. The summed E-state index contributed by atoms with van der Waals surface area (Å²) in [5.41, 5.74) is 2.11. The van der Waals surface area contributed by atoms with Gasteiger partial charge in [0.1, 0.15) is 5.75 Å². The van der Waals surface area contributed by atoms with E-state index in [4.69, 9.17) is 4.74 Å². The minimum absolute atomic E-state index is 0.00622. The molecule has 3 rings (SSSR count). The van der Waals surface area contributed by atoms with E-state index in [0.29, 0.717) is 12.5 Å². The summed E-state index contributed by atoms with van der Waals surface area (Å²) in [5, 5.41) is 6.56. The third-order valence-corrected chi connectivity index (χ3v) is 5.41. The second kappa shape index (κ2) is 8.41. The number of nitrogens with one attached hydrogen (secondary N) is 2. The molecule has 1 amide bonds. The van der Waals surface area contributed by atoms with Crippen molar-refractivity contribution < 1.29 is 9.53 Å². The maximum Gasteiger partial charge on any atom is 0.225 e. The summed E-state index contributed by atoms with van der Waals surface area (Å²) >= 11 is 1.91. The van der Waals surface area contributed by atoms with Crippen molar-refractivity contribution in [3.8, 4) is 5.75 Å². The molecular formula is C20H24N2O2S. The largest absolute Gasteiger partial charge is 0.497 e. The Hall–Kier alpha value is -1.98. The van der Waals surface area contributed by atoms with E-state index in [0.717, 1.165) is 23.6 Å². The van der Waals surface area contributed by atoms with Crippen LogP contribution in [-0.4, -0.2) is 24.8 Å². The standard InChI is InChI=1S/C20H24N2O2S/c1-14(12-20(23)22-15-6-5-7-16(13-15)24-2)21-18-10-11-25-19-9-4-3-8-17(18)19/h3-9,13-14,18,21H,10-12H2,1-2H3,(H,22,23)/t14-,18-/m0/s1. The van der Waals surface area contributed by atoms with E-state index in [1.54, 1.807) is 7.11 Å². The van der Waals surface area contributed by atoms with Gasteiger partial charge in [0, 0.05) is 35.2 Å². The van der Waals surface area contributed by atoms with Crippen LogP contribution in [-0.2, 0) is 4.79 Å². The van der Waals surface area contributed by atoms with Gasteiger partial charge in [0.2, 0.25) is 5.91 Å². The highest BCUT2D eigenvalue weighted by atomic mass is 32.2. The van der Waals surface area contributed by atoms with Gasteiger partial charge < -0.3 is 15.4 Å². The van der Waals surface area contributed by atoms with Crippen LogP contribution in [0.15, 0.2) is 53.4 Å². The van der Waals surface area contributed by atoms with Crippen LogP contribution in [0.4, 0.5) is 5.69 Å². The zero-order valence-corrected chi connectivity index (χ0v) is 15.4. The molecule has 0 spiro atoms. The number of hydrogen-bond acceptors (Lipinski definition) is 4. The van der Waals surface area contributed by atoms with Gasteiger partial charge in [0.15, 0.2) is 0 Å². The number of methoxy groups -OCH3 is 1. The molecule has 0 bridgehead atoms. The molecule has 1 aliphatic rings. The molecule has 1 aliphatic heterocycles. The minimum Gasteiger partial charge on any atom is -0.497 e. The number of anilines is 1. The lowest BCUT2D eigenvalue weighted by atomic mass is 10.0. The number of rotatable bonds is 6. The molecule has 0 fully saturated rings. The first-order valence-corrected chi connectivity index (χ1v) is 9.56. The molecule has 132 valence electrons. The van der Waals surface area contributed by atoms with Gasteiger partial charge in [0.25, 0.3) is 0 Å². The number of ether oxygens (including phenoxy) is 1. The second-order valence-electron chi connectivity index (χ2n) is 6.28. The Bertz CT molecular complexity index is 735. The van der Waals surface area contributed by atoms with Crippen molar-refractivity contribution in [3.63, 3.8) is 0 Å². The van der Waals surface area contributed by atoms with Gasteiger partial charge in [-0.1, -0.05) is 24.3 Å². The highest BCUT2D eigenvalue weighted by Crippen LogP contribution is 2.36. The molecule has 0 radical (unpaired) electrons. The lowest BCUT2D eigenvalue weighted by Gasteiger charge is -2.28. The van der Waals surface area contributed by atoms with Gasteiger partial charge in [0.05, 0.1) is 7.11 Å². The predicted molar refractivity (Wildman–Crippen MR) is 103 cm³/mol. The fourth-order valence-corrected chi connectivity index (χ4v) is 4.23. The van der Waals surface area contributed by atoms with Crippen LogP contribution in [0, 0.1) is 0 Å². The fraction of sp³-hybridized carbons (Fsp3) is 0.350. The van der Waals surface area contributed by atoms with Crippen molar-refractivity contribution in [2.45, 2.75) is 36.7 Å². The number of fused-ring (bicyclic) bond motifs is 1. The number of carbonyl (C=O) groups is 1. The van der Waals surface area contributed by atoms with Crippen LogP contribution in [0.3, 0.4) is 0 Å². The Morgan fingerprint density at radius 2 is 2.12 bits per heavy atom. The summed E-state index contributed by atoms with van der Waals surface area (Å²) in [6.07, 6.45) is 1.52. The van der Waals surface area contributed by atoms with Gasteiger partial charge in [-0.2, -0.15) is 0 Å². The van der Waals surface area contributed by atoms with Crippen molar-refractivity contribution >= 4 is 23.4 Å². The molecule has 0 unspecified atom stereocenters. The first-order chi connectivity index (χ1) is 12.2. The van der Waals surface area contributed by atoms with Crippen LogP contribution in [0.25, 0.3) is 0 Å². The maximum absolute atomic E-state index is 12.3. The SMILES string of the molecule is COc1cccc(NC(=O)C[C@H](C)N[C@H]2CCSc3ccccc32)c1. The van der Waals surface area contributed by atoms with Crippen LogP contribution >= 0.6 is 11.8 Å². The molecule has 4 nitrogen and oxygen atoms in total. The van der Waals surface area contributed by atoms with Crippen LogP contribution in [0.5, 0.6) is 5.75 Å². The molecule has 2 aromatic rings. The Morgan fingerprint density at radius 3 is 2.96 bits per heavy atom. The number of benzene rings is 2. The van der Waals surface area contributed by atoms with Crippen LogP contribution < -0.4 is 15.4 Å². The number of thioether (sulfide) groups is 1. The Balaban J connectivity index is 1.56. The van der Waals surface area contributed by atoms with Crippen molar-refractivity contribution in [1.82, 2.24) is 5.32 Å². The Morgan fingerprint density at radius 1 is 1.28 bits per heavy atom. The lowest BCUT2D eigenvalue weighted by molar-refractivity contribution is -0.116. The summed E-state index contributed by atoms with van der Waals surface area (Å²) in [4.78, 5) is 13.7. The smallest absolute Gasteiger partial charge is 0.225 e. The first kappa shape index (κ1) is 17.8. The highest BCUT2D eigenvalue weighted by molar-refractivity contribution is 7.99. The van der Waals surface area contributed by atoms with Crippen LogP contribution in [0.2, 0.25) is 0 Å². The summed E-state index contributed by atoms with van der Waals surface area (Å²) in [6, 6.07) is 16.4. The van der Waals surface area contributed by atoms with Crippen molar-refractivity contribution in [3.05, 3.63) is 54.1 Å². The monoisotopic (exact) mass is 356 g/mol.